The third kappa shape index (κ3) is 11.0. The predicted octanol–water partition coefficient (Wildman–Crippen LogP) is 28.8. The molecule has 0 aromatic heterocycles. The summed E-state index contributed by atoms with van der Waals surface area (Å²) in [5.41, 5.74) is 18.1. The molecular weight excluding hydrogens is 1230 g/mol. The summed E-state index contributed by atoms with van der Waals surface area (Å²) in [5, 5.41) is 21.3. The maximum absolute atomic E-state index is 8.80. The maximum Gasteiger partial charge on any atom is 0.0629 e. The molecule has 0 atom stereocenters. The molecule has 0 saturated carbocycles. The van der Waals surface area contributed by atoms with Crippen molar-refractivity contribution in [1.29, 1.82) is 0 Å². The number of fused-ring (bicyclic) bond motifs is 9. The van der Waals surface area contributed by atoms with E-state index in [0.717, 1.165) is 54.6 Å². The van der Waals surface area contributed by atoms with E-state index < -0.39 is 6.04 Å². The summed E-state index contributed by atoms with van der Waals surface area (Å²) >= 11 is 0. The van der Waals surface area contributed by atoms with Crippen LogP contribution in [0.4, 0.5) is 0 Å². The molecule has 0 N–H and O–H groups in total. The number of hydrogen-bond acceptors (Lipinski definition) is 0. The van der Waals surface area contributed by atoms with Crippen LogP contribution in [0.2, 0.25) is 0 Å². The fourth-order valence-corrected chi connectivity index (χ4v) is 15.9. The SMILES string of the molecule is [2H]c1c([2H])c([2H])c(-c2c3ccccc3c(-c3cc(-c4ccccc4)cc4ccccc34)c3ccccc23)c([2H])c1[2H].c1ccc(-c2c3ccccc3c(-c3cccc4ccccc34)c3ccccc23)cc1.c1ccc(-c2ccc(-c3c4ccccc4c(-c4ccccc4)c4ccccc34)c3ccccc23)cc1. The van der Waals surface area contributed by atoms with E-state index in [9.17, 15) is 0 Å². The summed E-state index contributed by atoms with van der Waals surface area (Å²) in [6.07, 6.45) is 0. The fraction of sp³-hybridized carbons (Fsp3) is 0. The summed E-state index contributed by atoms with van der Waals surface area (Å²) < 4.78 is 42.5. The molecule has 102 heavy (non-hydrogen) atoms. The van der Waals surface area contributed by atoms with Gasteiger partial charge in [0.05, 0.1) is 6.85 Å². The van der Waals surface area contributed by atoms with Crippen molar-refractivity contribution in [2.75, 3.05) is 0 Å². The van der Waals surface area contributed by atoms with Crippen molar-refractivity contribution >= 4 is 97.0 Å². The highest BCUT2D eigenvalue weighted by molar-refractivity contribution is 6.27. The normalized spacial score (nSPS) is 12.0. The standard InChI is InChI=1S/2C36H24.C30H20/c1-3-13-25(14-4-1)28-23-27-17-7-8-18-29(27)34(24-28)36-32-21-11-9-19-30(32)35(26-15-5-2-6-16-26)31-20-10-12-22-33(31)36;1-3-13-25(14-4-1)27-23-24-34(29-18-8-7-17-28(27)29)36-32-21-11-9-19-30(32)35(26-15-5-2-6-16-26)31-20-10-12-22-33(31)36;1-2-12-22(13-3-1)29-25-16-6-8-18-27(25)30(28-19-9-7-17-26(28)29)24-20-10-14-21-11-4-5-15-23(21)24/h2*1-24H;1-20H/i2D,5D,6D,15D,16D;;. The summed E-state index contributed by atoms with van der Waals surface area (Å²) in [6, 6.07) is 134. The molecule has 20 aromatic carbocycles. The van der Waals surface area contributed by atoms with Crippen LogP contribution in [0.25, 0.3) is 186 Å². The van der Waals surface area contributed by atoms with Gasteiger partial charge in [-0.15, -0.1) is 0 Å². The average molecular weight is 1300 g/mol. The predicted molar refractivity (Wildman–Crippen MR) is 440 cm³/mol. The van der Waals surface area contributed by atoms with Crippen LogP contribution in [0.5, 0.6) is 0 Å². The quantitative estimate of drug-likeness (QED) is 0.133. The molecule has 0 amide bonds. The molecule has 20 aromatic rings. The first-order chi connectivity index (χ1) is 52.8. The van der Waals surface area contributed by atoms with Crippen LogP contribution < -0.4 is 0 Å². The molecular formula is C102H68. The minimum absolute atomic E-state index is 0.199. The van der Waals surface area contributed by atoms with E-state index in [1.165, 1.54) is 120 Å². The Labute approximate surface area is 601 Å². The average Bonchev–Trinajstić information content (AvgIpc) is 0.719. The van der Waals surface area contributed by atoms with Crippen molar-refractivity contribution in [3.63, 3.8) is 0 Å². The van der Waals surface area contributed by atoms with Crippen LogP contribution in [0, 0.1) is 0 Å². The van der Waals surface area contributed by atoms with Crippen LogP contribution in [0.15, 0.2) is 412 Å². The van der Waals surface area contributed by atoms with Crippen molar-refractivity contribution in [3.05, 3.63) is 412 Å². The van der Waals surface area contributed by atoms with E-state index in [-0.39, 0.29) is 29.7 Å². The summed E-state index contributed by atoms with van der Waals surface area (Å²) in [5.74, 6) is 0. The molecule has 0 nitrogen and oxygen atoms in total. The highest BCUT2D eigenvalue weighted by Gasteiger charge is 2.23. The maximum atomic E-state index is 8.80. The summed E-state index contributed by atoms with van der Waals surface area (Å²) in [6.45, 7) is 0. The lowest BCUT2D eigenvalue weighted by atomic mass is 9.84. The minimum Gasteiger partial charge on any atom is -0.0622 e. The molecule has 0 aliphatic carbocycles. The van der Waals surface area contributed by atoms with E-state index in [4.69, 9.17) is 6.85 Å². The van der Waals surface area contributed by atoms with E-state index in [1.54, 1.807) is 0 Å². The van der Waals surface area contributed by atoms with Crippen LogP contribution >= 0.6 is 0 Å². The molecule has 0 saturated heterocycles. The van der Waals surface area contributed by atoms with Gasteiger partial charge in [0.1, 0.15) is 0 Å². The summed E-state index contributed by atoms with van der Waals surface area (Å²) in [7, 11) is 0. The van der Waals surface area contributed by atoms with Gasteiger partial charge < -0.3 is 0 Å². The fourth-order valence-electron chi connectivity index (χ4n) is 15.9. The van der Waals surface area contributed by atoms with Gasteiger partial charge >= 0.3 is 0 Å². The van der Waals surface area contributed by atoms with E-state index in [0.29, 0.717) is 5.56 Å². The van der Waals surface area contributed by atoms with Gasteiger partial charge in [-0.05, 0) is 198 Å². The zero-order valence-electron chi connectivity index (χ0n) is 60.9. The van der Waals surface area contributed by atoms with Gasteiger partial charge in [0.2, 0.25) is 0 Å². The minimum atomic E-state index is -0.391. The van der Waals surface area contributed by atoms with Crippen LogP contribution in [0.3, 0.4) is 0 Å². The Kier molecular flexibility index (Phi) is 14.7. The molecule has 0 heteroatoms. The zero-order valence-corrected chi connectivity index (χ0v) is 55.9. The third-order valence-electron chi connectivity index (χ3n) is 20.2. The Balaban J connectivity index is 0.000000115. The van der Waals surface area contributed by atoms with Gasteiger partial charge in [0.25, 0.3) is 0 Å². The molecule has 0 spiro atoms. The Bertz CT molecular complexity index is 6650. The smallest absolute Gasteiger partial charge is 0.0622 e. The molecule has 476 valence electrons. The second kappa shape index (κ2) is 26.9. The van der Waals surface area contributed by atoms with Crippen LogP contribution in [-0.2, 0) is 0 Å². The first kappa shape index (κ1) is 55.7. The van der Waals surface area contributed by atoms with Gasteiger partial charge in [-0.25, -0.2) is 0 Å². The molecule has 0 radical (unpaired) electrons. The van der Waals surface area contributed by atoms with Crippen LogP contribution in [0.1, 0.15) is 6.85 Å². The molecule has 20 rings (SSSR count). The van der Waals surface area contributed by atoms with Gasteiger partial charge in [-0.2, -0.15) is 0 Å². The van der Waals surface area contributed by atoms with Crippen LogP contribution in [-0.4, -0.2) is 0 Å². The van der Waals surface area contributed by atoms with Gasteiger partial charge in [0.15, 0.2) is 0 Å². The Hall–Kier alpha value is -13.3. The molecule has 0 aliphatic heterocycles. The topological polar surface area (TPSA) is 0 Å². The van der Waals surface area contributed by atoms with Crippen molar-refractivity contribution in [1.82, 2.24) is 0 Å². The first-order valence-corrected chi connectivity index (χ1v) is 34.9. The second-order valence-electron chi connectivity index (χ2n) is 26.0. The second-order valence-corrected chi connectivity index (χ2v) is 26.0. The number of rotatable bonds is 8. The Morgan fingerprint density at radius 2 is 0.412 bits per heavy atom. The Morgan fingerprint density at radius 3 is 0.833 bits per heavy atom. The molecule has 0 bridgehead atoms. The highest BCUT2D eigenvalue weighted by atomic mass is 14.3. The van der Waals surface area contributed by atoms with E-state index in [1.807, 2.05) is 54.6 Å². The number of benzene rings is 20. The third-order valence-corrected chi connectivity index (χ3v) is 20.2. The largest absolute Gasteiger partial charge is 0.0629 e. The first-order valence-electron chi connectivity index (χ1n) is 37.4. The lowest BCUT2D eigenvalue weighted by molar-refractivity contribution is 1.63. The Morgan fingerprint density at radius 1 is 0.137 bits per heavy atom. The van der Waals surface area contributed by atoms with Gasteiger partial charge in [-0.3, -0.25) is 0 Å². The lowest BCUT2D eigenvalue weighted by Crippen LogP contribution is -1.92. The molecule has 0 heterocycles. The lowest BCUT2D eigenvalue weighted by Gasteiger charge is -2.19. The highest BCUT2D eigenvalue weighted by Crippen LogP contribution is 2.50. The number of hydrogen-bond donors (Lipinski definition) is 0. The van der Waals surface area contributed by atoms with E-state index in [2.05, 4.69) is 328 Å². The van der Waals surface area contributed by atoms with Crippen molar-refractivity contribution in [2.24, 2.45) is 0 Å². The molecule has 0 fully saturated rings. The monoisotopic (exact) mass is 1300 g/mol. The van der Waals surface area contributed by atoms with Crippen molar-refractivity contribution < 1.29 is 6.85 Å². The molecule has 0 unspecified atom stereocenters. The van der Waals surface area contributed by atoms with Gasteiger partial charge in [-0.1, -0.05) is 400 Å². The summed E-state index contributed by atoms with van der Waals surface area (Å²) in [4.78, 5) is 0. The zero-order chi connectivity index (χ0) is 72.1. The molecule has 0 aliphatic rings. The van der Waals surface area contributed by atoms with Gasteiger partial charge in [0, 0.05) is 0 Å². The van der Waals surface area contributed by atoms with Crippen molar-refractivity contribution in [2.45, 2.75) is 0 Å². The van der Waals surface area contributed by atoms with E-state index >= 15 is 0 Å². The van der Waals surface area contributed by atoms with Crippen molar-refractivity contribution in [3.8, 4) is 89.0 Å².